The number of carbonyl (C=O) groups excluding carboxylic acids is 1. The van der Waals surface area contributed by atoms with Crippen molar-refractivity contribution in [3.05, 3.63) is 0 Å². The largest absolute Gasteiger partial charge is 0.393 e. The highest BCUT2D eigenvalue weighted by molar-refractivity contribution is 5.57. The number of aliphatic hydroxyl groups excluding tert-OH is 2. The molecule has 5 heteroatoms. The van der Waals surface area contributed by atoms with E-state index < -0.39 is 24.4 Å². The summed E-state index contributed by atoms with van der Waals surface area (Å²) in [5.74, 6) is 0. The minimum Gasteiger partial charge on any atom is -0.393 e. The van der Waals surface area contributed by atoms with Crippen LogP contribution >= 0.6 is 0 Å². The first-order valence-electron chi connectivity index (χ1n) is 3.63. The molecule has 0 bridgehead atoms. The fraction of sp³-hybridized carbons (Fsp3) is 0.857. The van der Waals surface area contributed by atoms with E-state index in [1.54, 1.807) is 0 Å². The van der Waals surface area contributed by atoms with Gasteiger partial charge in [-0.15, -0.1) is 0 Å². The molecule has 72 valence electrons. The third-order valence-electron chi connectivity index (χ3n) is 1.78. The summed E-state index contributed by atoms with van der Waals surface area (Å²) in [6.07, 6.45) is -1.01. The molecular weight excluding hydrogens is 162 g/mol. The van der Waals surface area contributed by atoms with Gasteiger partial charge in [-0.05, 0) is 14.0 Å². The Morgan fingerprint density at radius 1 is 1.67 bits per heavy atom. The Hall–Kier alpha value is -0.490. The van der Waals surface area contributed by atoms with E-state index in [2.05, 4.69) is 5.32 Å². The molecule has 3 atom stereocenters. The van der Waals surface area contributed by atoms with Crippen LogP contribution in [0.5, 0.6) is 0 Å². The zero-order chi connectivity index (χ0) is 9.78. The first-order chi connectivity index (χ1) is 5.49. The van der Waals surface area contributed by atoms with Crippen LogP contribution in [0.3, 0.4) is 0 Å². The van der Waals surface area contributed by atoms with Gasteiger partial charge in [0, 0.05) is 0 Å². The lowest BCUT2D eigenvalue weighted by Crippen LogP contribution is -2.56. The van der Waals surface area contributed by atoms with Crippen LogP contribution in [0, 0.1) is 0 Å². The molecule has 0 unspecified atom stereocenters. The van der Waals surface area contributed by atoms with Gasteiger partial charge in [0.05, 0.1) is 12.6 Å². The van der Waals surface area contributed by atoms with Gasteiger partial charge >= 0.3 is 0 Å². The number of nitrogens with one attached hydrogen (secondary N) is 1. The van der Waals surface area contributed by atoms with Crippen molar-refractivity contribution in [1.29, 1.82) is 0 Å². The van der Waals surface area contributed by atoms with E-state index in [0.717, 1.165) is 0 Å². The number of aldehydes is 1. The van der Waals surface area contributed by atoms with E-state index in [9.17, 15) is 9.90 Å². The maximum atomic E-state index is 10.2. The van der Waals surface area contributed by atoms with E-state index in [-0.39, 0.29) is 0 Å². The average molecular weight is 177 g/mol. The normalized spacial score (nSPS) is 21.1. The molecule has 0 saturated carbocycles. The molecule has 0 aromatic carbocycles. The van der Waals surface area contributed by atoms with Gasteiger partial charge in [0.1, 0.15) is 18.0 Å². The molecule has 0 saturated heterocycles. The highest BCUT2D eigenvalue weighted by Crippen LogP contribution is 2.11. The lowest BCUT2D eigenvalue weighted by Gasteiger charge is -2.32. The molecule has 0 aromatic rings. The average Bonchev–Trinajstić information content (AvgIpc) is 2.05. The third-order valence-corrected chi connectivity index (χ3v) is 1.78. The van der Waals surface area contributed by atoms with E-state index in [1.165, 1.54) is 14.0 Å². The summed E-state index contributed by atoms with van der Waals surface area (Å²) in [5, 5.41) is 29.8. The van der Waals surface area contributed by atoms with Crippen LogP contribution in [0.25, 0.3) is 0 Å². The fourth-order valence-corrected chi connectivity index (χ4v) is 1.03. The monoisotopic (exact) mass is 177 g/mol. The summed E-state index contributed by atoms with van der Waals surface area (Å²) in [6, 6.07) is -0.861. The zero-order valence-electron chi connectivity index (χ0n) is 7.19. The predicted octanol–water partition coefficient (Wildman–Crippen LogP) is -2.12. The van der Waals surface area contributed by atoms with E-state index in [4.69, 9.17) is 10.2 Å². The lowest BCUT2D eigenvalue weighted by atomic mass is 9.93. The van der Waals surface area contributed by atoms with Crippen LogP contribution < -0.4 is 5.32 Å². The molecule has 0 radical (unpaired) electrons. The van der Waals surface area contributed by atoms with E-state index in [0.29, 0.717) is 6.29 Å². The van der Waals surface area contributed by atoms with Gasteiger partial charge in [-0.2, -0.15) is 0 Å². The summed E-state index contributed by atoms with van der Waals surface area (Å²) in [4.78, 5) is 10.2. The molecule has 0 aliphatic rings. The summed E-state index contributed by atoms with van der Waals surface area (Å²) < 4.78 is 0. The Kier molecular flexibility index (Phi) is 4.33. The standard InChI is InChI=1S/C7H15NO4/c1-7(12,4-10)6(8-2)5(11)3-9/h3,5-6,8,10-12H,4H2,1-2H3/t5-,6+,7+/m0/s1. The second-order valence-electron chi connectivity index (χ2n) is 2.91. The van der Waals surface area contributed by atoms with Crippen molar-refractivity contribution in [2.24, 2.45) is 0 Å². The molecule has 0 aliphatic heterocycles. The molecule has 5 nitrogen and oxygen atoms in total. The lowest BCUT2D eigenvalue weighted by molar-refractivity contribution is -0.123. The number of hydrogen-bond acceptors (Lipinski definition) is 5. The van der Waals surface area contributed by atoms with Gasteiger partial charge in [0.2, 0.25) is 0 Å². The number of rotatable bonds is 5. The first kappa shape index (κ1) is 11.5. The van der Waals surface area contributed by atoms with Crippen molar-refractivity contribution >= 4 is 6.29 Å². The molecular formula is C7H15NO4. The van der Waals surface area contributed by atoms with Crippen molar-refractivity contribution in [3.8, 4) is 0 Å². The van der Waals surface area contributed by atoms with Crippen molar-refractivity contribution in [1.82, 2.24) is 5.32 Å². The maximum Gasteiger partial charge on any atom is 0.150 e. The van der Waals surface area contributed by atoms with Gasteiger partial charge in [-0.3, -0.25) is 0 Å². The summed E-state index contributed by atoms with van der Waals surface area (Å²) >= 11 is 0. The number of likely N-dealkylation sites (N-methyl/N-ethyl adjacent to an activating group) is 1. The quantitative estimate of drug-likeness (QED) is 0.360. The van der Waals surface area contributed by atoms with Crippen LogP contribution in [-0.2, 0) is 4.79 Å². The Labute approximate surface area is 71.0 Å². The second kappa shape index (κ2) is 4.51. The van der Waals surface area contributed by atoms with Gasteiger partial charge in [0.15, 0.2) is 0 Å². The molecule has 4 N–H and O–H groups in total. The number of aliphatic hydroxyl groups is 3. The fourth-order valence-electron chi connectivity index (χ4n) is 1.03. The molecule has 0 aromatic heterocycles. The van der Waals surface area contributed by atoms with E-state index in [1.807, 2.05) is 0 Å². The Balaban J connectivity index is 4.42. The Bertz CT molecular complexity index is 148. The van der Waals surface area contributed by atoms with Crippen molar-refractivity contribution in [3.63, 3.8) is 0 Å². The van der Waals surface area contributed by atoms with Crippen molar-refractivity contribution in [2.45, 2.75) is 24.7 Å². The van der Waals surface area contributed by atoms with Gasteiger partial charge < -0.3 is 25.4 Å². The maximum absolute atomic E-state index is 10.2. The first-order valence-corrected chi connectivity index (χ1v) is 3.63. The predicted molar refractivity (Wildman–Crippen MR) is 42.6 cm³/mol. The molecule has 0 spiro atoms. The summed E-state index contributed by atoms with van der Waals surface area (Å²) in [7, 11) is 1.49. The second-order valence-corrected chi connectivity index (χ2v) is 2.91. The third kappa shape index (κ3) is 2.53. The van der Waals surface area contributed by atoms with Crippen LogP contribution in [0.2, 0.25) is 0 Å². The molecule has 0 heterocycles. The van der Waals surface area contributed by atoms with Crippen LogP contribution in [0.15, 0.2) is 0 Å². The van der Waals surface area contributed by atoms with Gasteiger partial charge in [0.25, 0.3) is 0 Å². The molecule has 0 rings (SSSR count). The van der Waals surface area contributed by atoms with Crippen LogP contribution in [0.1, 0.15) is 6.92 Å². The van der Waals surface area contributed by atoms with Crippen molar-refractivity contribution < 1.29 is 20.1 Å². The molecule has 0 fully saturated rings. The number of hydrogen-bond donors (Lipinski definition) is 4. The molecule has 0 aliphatic carbocycles. The smallest absolute Gasteiger partial charge is 0.150 e. The van der Waals surface area contributed by atoms with Crippen LogP contribution in [-0.4, -0.2) is 53.0 Å². The minimum atomic E-state index is -1.50. The van der Waals surface area contributed by atoms with Gasteiger partial charge in [-0.25, -0.2) is 0 Å². The Morgan fingerprint density at radius 2 is 2.17 bits per heavy atom. The van der Waals surface area contributed by atoms with Crippen molar-refractivity contribution in [2.75, 3.05) is 13.7 Å². The highest BCUT2D eigenvalue weighted by Gasteiger charge is 2.35. The van der Waals surface area contributed by atoms with Gasteiger partial charge in [-0.1, -0.05) is 0 Å². The molecule has 12 heavy (non-hydrogen) atoms. The SMILES string of the molecule is CN[C@H]([C@@H](O)C=O)[C@](C)(O)CO. The topological polar surface area (TPSA) is 89.8 Å². The zero-order valence-corrected chi connectivity index (χ0v) is 7.19. The Morgan fingerprint density at radius 3 is 2.42 bits per heavy atom. The summed E-state index contributed by atoms with van der Waals surface area (Å²) in [5.41, 5.74) is -1.50. The number of carbonyl (C=O) groups is 1. The van der Waals surface area contributed by atoms with E-state index >= 15 is 0 Å². The van der Waals surface area contributed by atoms with Crippen LogP contribution in [0.4, 0.5) is 0 Å². The highest BCUT2D eigenvalue weighted by atomic mass is 16.3. The molecule has 0 amide bonds. The minimum absolute atomic E-state index is 0.311. The summed E-state index contributed by atoms with van der Waals surface area (Å²) in [6.45, 7) is 0.810.